The molecular formula is C20H20N2O7. The predicted octanol–water partition coefficient (Wildman–Crippen LogP) is 3.20. The Morgan fingerprint density at radius 2 is 1.79 bits per heavy atom. The van der Waals surface area contributed by atoms with Crippen molar-refractivity contribution in [2.45, 2.75) is 13.0 Å². The predicted molar refractivity (Wildman–Crippen MR) is 106 cm³/mol. The topological polar surface area (TPSA) is 117 Å². The molecule has 9 nitrogen and oxygen atoms in total. The van der Waals surface area contributed by atoms with Gasteiger partial charge < -0.3 is 19.5 Å². The number of rotatable bonds is 8. The zero-order valence-corrected chi connectivity index (χ0v) is 16.1. The molecule has 1 unspecified atom stereocenters. The van der Waals surface area contributed by atoms with Crippen molar-refractivity contribution in [2.24, 2.45) is 0 Å². The standard InChI is InChI=1S/C20H20N2O7/c1-13(29-19(23)11-6-14-4-8-16(27-2)9-5-14)20(24)21-17-12-15(22(25)26)7-10-18(17)28-3/h4-13H,1-3H3,(H,21,24)/b11-6+. The van der Waals surface area contributed by atoms with Crippen molar-refractivity contribution in [3.63, 3.8) is 0 Å². The molecule has 0 fully saturated rings. The lowest BCUT2D eigenvalue weighted by Crippen LogP contribution is -2.29. The molecule has 2 aromatic rings. The summed E-state index contributed by atoms with van der Waals surface area (Å²) in [4.78, 5) is 34.6. The number of hydrogen-bond acceptors (Lipinski definition) is 7. The first-order chi connectivity index (χ1) is 13.8. The van der Waals surface area contributed by atoms with Crippen LogP contribution in [0.4, 0.5) is 11.4 Å². The minimum atomic E-state index is -1.13. The second-order valence-corrected chi connectivity index (χ2v) is 5.82. The van der Waals surface area contributed by atoms with Gasteiger partial charge in [-0.05, 0) is 36.8 Å². The Bertz CT molecular complexity index is 923. The molecule has 2 aromatic carbocycles. The number of nitrogens with one attached hydrogen (secondary N) is 1. The van der Waals surface area contributed by atoms with E-state index >= 15 is 0 Å². The summed E-state index contributed by atoms with van der Waals surface area (Å²) in [5.41, 5.74) is 0.637. The molecule has 0 saturated heterocycles. The number of carbonyl (C=O) groups excluding carboxylic acids is 2. The molecule has 29 heavy (non-hydrogen) atoms. The monoisotopic (exact) mass is 400 g/mol. The number of benzene rings is 2. The maximum absolute atomic E-state index is 12.3. The van der Waals surface area contributed by atoms with E-state index < -0.39 is 22.9 Å². The lowest BCUT2D eigenvalue weighted by Gasteiger charge is -2.14. The summed E-state index contributed by atoms with van der Waals surface area (Å²) >= 11 is 0. The van der Waals surface area contributed by atoms with Crippen LogP contribution in [0.15, 0.2) is 48.5 Å². The quantitative estimate of drug-likeness (QED) is 0.313. The zero-order valence-electron chi connectivity index (χ0n) is 16.1. The maximum atomic E-state index is 12.3. The van der Waals surface area contributed by atoms with Crippen LogP contribution in [-0.2, 0) is 14.3 Å². The number of hydrogen-bond donors (Lipinski definition) is 1. The first-order valence-electron chi connectivity index (χ1n) is 8.50. The molecule has 0 bridgehead atoms. The number of amides is 1. The van der Waals surface area contributed by atoms with Crippen LogP contribution in [0.3, 0.4) is 0 Å². The van der Waals surface area contributed by atoms with Gasteiger partial charge in [-0.3, -0.25) is 14.9 Å². The van der Waals surface area contributed by atoms with E-state index in [0.29, 0.717) is 5.75 Å². The molecule has 1 N–H and O–H groups in total. The summed E-state index contributed by atoms with van der Waals surface area (Å²) in [6.07, 6.45) is 1.60. The fourth-order valence-electron chi connectivity index (χ4n) is 2.29. The van der Waals surface area contributed by atoms with E-state index in [2.05, 4.69) is 5.32 Å². The minimum Gasteiger partial charge on any atom is -0.497 e. The van der Waals surface area contributed by atoms with Crippen LogP contribution in [-0.4, -0.2) is 37.1 Å². The van der Waals surface area contributed by atoms with Gasteiger partial charge in [0.1, 0.15) is 11.5 Å². The van der Waals surface area contributed by atoms with Crippen molar-refractivity contribution in [1.29, 1.82) is 0 Å². The van der Waals surface area contributed by atoms with Gasteiger partial charge in [0.05, 0.1) is 24.8 Å². The van der Waals surface area contributed by atoms with E-state index in [9.17, 15) is 19.7 Å². The van der Waals surface area contributed by atoms with E-state index in [0.717, 1.165) is 11.6 Å². The smallest absolute Gasteiger partial charge is 0.331 e. The third-order valence-corrected chi connectivity index (χ3v) is 3.84. The van der Waals surface area contributed by atoms with Gasteiger partial charge in [0, 0.05) is 18.2 Å². The number of carbonyl (C=O) groups is 2. The van der Waals surface area contributed by atoms with Gasteiger partial charge in [-0.2, -0.15) is 0 Å². The fraction of sp³-hybridized carbons (Fsp3) is 0.200. The molecule has 0 heterocycles. The minimum absolute atomic E-state index is 0.100. The van der Waals surface area contributed by atoms with Gasteiger partial charge in [-0.15, -0.1) is 0 Å². The van der Waals surface area contributed by atoms with Crippen molar-refractivity contribution in [2.75, 3.05) is 19.5 Å². The summed E-state index contributed by atoms with van der Waals surface area (Å²) in [5, 5.41) is 13.4. The second-order valence-electron chi connectivity index (χ2n) is 5.82. The molecule has 1 atom stereocenters. The number of methoxy groups -OCH3 is 2. The normalized spacial score (nSPS) is 11.6. The lowest BCUT2D eigenvalue weighted by molar-refractivity contribution is -0.384. The van der Waals surface area contributed by atoms with Gasteiger partial charge in [-0.25, -0.2) is 4.79 Å². The Morgan fingerprint density at radius 3 is 2.38 bits per heavy atom. The number of ether oxygens (including phenoxy) is 3. The van der Waals surface area contributed by atoms with Crippen molar-refractivity contribution in [1.82, 2.24) is 0 Å². The molecule has 0 aliphatic rings. The highest BCUT2D eigenvalue weighted by Gasteiger charge is 2.20. The van der Waals surface area contributed by atoms with E-state index in [1.54, 1.807) is 31.4 Å². The molecule has 1 amide bonds. The van der Waals surface area contributed by atoms with E-state index in [-0.39, 0.29) is 17.1 Å². The van der Waals surface area contributed by atoms with Crippen LogP contribution < -0.4 is 14.8 Å². The maximum Gasteiger partial charge on any atom is 0.331 e. The Labute approximate surface area is 167 Å². The molecule has 0 radical (unpaired) electrons. The van der Waals surface area contributed by atoms with Crippen LogP contribution in [0, 0.1) is 10.1 Å². The largest absolute Gasteiger partial charge is 0.497 e. The number of nitrogens with zero attached hydrogens (tertiary/aromatic N) is 1. The third-order valence-electron chi connectivity index (χ3n) is 3.84. The molecular weight excluding hydrogens is 380 g/mol. The van der Waals surface area contributed by atoms with Gasteiger partial charge in [0.25, 0.3) is 11.6 Å². The van der Waals surface area contributed by atoms with Crippen LogP contribution in [0.2, 0.25) is 0 Å². The highest BCUT2D eigenvalue weighted by Crippen LogP contribution is 2.29. The molecule has 0 aromatic heterocycles. The summed E-state index contributed by atoms with van der Waals surface area (Å²) in [6, 6.07) is 10.8. The summed E-state index contributed by atoms with van der Waals surface area (Å²) in [5.74, 6) is -0.446. The summed E-state index contributed by atoms with van der Waals surface area (Å²) in [7, 11) is 2.92. The fourth-order valence-corrected chi connectivity index (χ4v) is 2.29. The number of anilines is 1. The summed E-state index contributed by atoms with van der Waals surface area (Å²) in [6.45, 7) is 1.39. The van der Waals surface area contributed by atoms with Gasteiger partial charge in [0.15, 0.2) is 6.10 Å². The number of esters is 1. The Kier molecular flexibility index (Phi) is 7.30. The van der Waals surface area contributed by atoms with E-state index in [1.165, 1.54) is 38.3 Å². The molecule has 2 rings (SSSR count). The van der Waals surface area contributed by atoms with Gasteiger partial charge >= 0.3 is 5.97 Å². The third kappa shape index (κ3) is 6.06. The second kappa shape index (κ2) is 9.88. The Balaban J connectivity index is 1.99. The average molecular weight is 400 g/mol. The number of nitro groups is 1. The Morgan fingerprint density at radius 1 is 1.10 bits per heavy atom. The van der Waals surface area contributed by atoms with Crippen molar-refractivity contribution >= 4 is 29.3 Å². The van der Waals surface area contributed by atoms with Crippen LogP contribution in [0.5, 0.6) is 11.5 Å². The van der Waals surface area contributed by atoms with Crippen LogP contribution in [0.1, 0.15) is 12.5 Å². The lowest BCUT2D eigenvalue weighted by atomic mass is 10.2. The highest BCUT2D eigenvalue weighted by molar-refractivity contribution is 5.97. The van der Waals surface area contributed by atoms with Gasteiger partial charge in [-0.1, -0.05) is 12.1 Å². The molecule has 9 heteroatoms. The molecule has 0 aliphatic heterocycles. The van der Waals surface area contributed by atoms with E-state index in [4.69, 9.17) is 14.2 Å². The van der Waals surface area contributed by atoms with Crippen LogP contribution in [0.25, 0.3) is 6.08 Å². The van der Waals surface area contributed by atoms with Gasteiger partial charge in [0.2, 0.25) is 0 Å². The number of non-ortho nitro benzene ring substituents is 1. The molecule has 0 spiro atoms. The average Bonchev–Trinajstić information content (AvgIpc) is 2.72. The van der Waals surface area contributed by atoms with Crippen molar-refractivity contribution in [3.05, 3.63) is 64.2 Å². The van der Waals surface area contributed by atoms with Crippen molar-refractivity contribution < 1.29 is 28.7 Å². The SMILES string of the molecule is COc1ccc(/C=C/C(=O)OC(C)C(=O)Nc2cc([N+](=O)[O-])ccc2OC)cc1. The Hall–Kier alpha value is -3.88. The molecule has 0 saturated carbocycles. The summed E-state index contributed by atoms with van der Waals surface area (Å²) < 4.78 is 15.2. The first-order valence-corrected chi connectivity index (χ1v) is 8.50. The molecule has 0 aliphatic carbocycles. The number of nitro benzene ring substituents is 1. The van der Waals surface area contributed by atoms with Crippen LogP contribution >= 0.6 is 0 Å². The zero-order chi connectivity index (χ0) is 21.4. The first kappa shape index (κ1) is 21.4. The van der Waals surface area contributed by atoms with Crippen molar-refractivity contribution in [3.8, 4) is 11.5 Å². The molecule has 152 valence electrons. The highest BCUT2D eigenvalue weighted by atomic mass is 16.6. The van der Waals surface area contributed by atoms with E-state index in [1.807, 2.05) is 0 Å².